The van der Waals surface area contributed by atoms with Gasteiger partial charge in [0.1, 0.15) is 0 Å². The standard InChI is InChI=1S/C9H17NO/c1-9(2,10-11-3)8-6-4-5-7-8/h6,10H,4-5,7H2,1-3H3. The quantitative estimate of drug-likeness (QED) is 0.497. The van der Waals surface area contributed by atoms with Crippen LogP contribution >= 0.6 is 0 Å². The average molecular weight is 155 g/mol. The summed E-state index contributed by atoms with van der Waals surface area (Å²) in [5.41, 5.74) is 4.49. The van der Waals surface area contributed by atoms with Crippen LogP contribution in [0.2, 0.25) is 0 Å². The van der Waals surface area contributed by atoms with E-state index in [0.29, 0.717) is 0 Å². The summed E-state index contributed by atoms with van der Waals surface area (Å²) in [5.74, 6) is 0. The topological polar surface area (TPSA) is 21.3 Å². The molecule has 2 heteroatoms. The molecule has 64 valence electrons. The van der Waals surface area contributed by atoms with Crippen LogP contribution in [-0.4, -0.2) is 12.6 Å². The molecule has 0 saturated carbocycles. The Bertz CT molecular complexity index is 161. The molecule has 0 atom stereocenters. The van der Waals surface area contributed by atoms with Gasteiger partial charge in [0.05, 0.1) is 12.6 Å². The van der Waals surface area contributed by atoms with Crippen LogP contribution in [-0.2, 0) is 4.84 Å². The lowest BCUT2D eigenvalue weighted by molar-refractivity contribution is 0.0406. The van der Waals surface area contributed by atoms with Crippen LogP contribution in [0.15, 0.2) is 11.6 Å². The van der Waals surface area contributed by atoms with Crippen LogP contribution < -0.4 is 5.48 Å². The third kappa shape index (κ3) is 2.04. The van der Waals surface area contributed by atoms with Gasteiger partial charge in [-0.15, -0.1) is 0 Å². The van der Waals surface area contributed by atoms with Crippen LogP contribution in [0.4, 0.5) is 0 Å². The van der Waals surface area contributed by atoms with Crippen molar-refractivity contribution in [3.63, 3.8) is 0 Å². The Labute approximate surface area is 68.6 Å². The van der Waals surface area contributed by atoms with E-state index in [9.17, 15) is 0 Å². The summed E-state index contributed by atoms with van der Waals surface area (Å²) >= 11 is 0. The SMILES string of the molecule is CONC(C)(C)C1=CCCC1. The van der Waals surface area contributed by atoms with E-state index in [1.165, 1.54) is 24.8 Å². The highest BCUT2D eigenvalue weighted by molar-refractivity contribution is 5.19. The highest BCUT2D eigenvalue weighted by Crippen LogP contribution is 2.27. The van der Waals surface area contributed by atoms with Gasteiger partial charge in [0, 0.05) is 0 Å². The third-order valence-corrected chi connectivity index (χ3v) is 2.20. The molecule has 1 N–H and O–H groups in total. The van der Waals surface area contributed by atoms with Gasteiger partial charge in [0.15, 0.2) is 0 Å². The number of rotatable bonds is 3. The summed E-state index contributed by atoms with van der Waals surface area (Å²) in [5, 5.41) is 0. The lowest BCUT2D eigenvalue weighted by Crippen LogP contribution is -2.39. The maximum absolute atomic E-state index is 4.93. The molecule has 0 aliphatic heterocycles. The van der Waals surface area contributed by atoms with Crippen LogP contribution in [0.25, 0.3) is 0 Å². The summed E-state index contributed by atoms with van der Waals surface area (Å²) in [6.45, 7) is 4.29. The van der Waals surface area contributed by atoms with Crippen molar-refractivity contribution in [2.24, 2.45) is 0 Å². The first-order valence-corrected chi connectivity index (χ1v) is 4.16. The van der Waals surface area contributed by atoms with Crippen molar-refractivity contribution >= 4 is 0 Å². The molecule has 1 aliphatic carbocycles. The molecule has 11 heavy (non-hydrogen) atoms. The van der Waals surface area contributed by atoms with Crippen LogP contribution in [0.1, 0.15) is 33.1 Å². The van der Waals surface area contributed by atoms with Gasteiger partial charge in [-0.2, -0.15) is 5.48 Å². The average Bonchev–Trinajstić information content (AvgIpc) is 2.37. The van der Waals surface area contributed by atoms with Crippen LogP contribution in [0, 0.1) is 0 Å². The molecule has 0 bridgehead atoms. The highest BCUT2D eigenvalue weighted by Gasteiger charge is 2.24. The number of hydrogen-bond donors (Lipinski definition) is 1. The third-order valence-electron chi connectivity index (χ3n) is 2.20. The normalized spacial score (nSPS) is 18.6. The summed E-state index contributed by atoms with van der Waals surface area (Å²) in [7, 11) is 1.66. The Kier molecular flexibility index (Phi) is 2.68. The Hall–Kier alpha value is -0.340. The molecule has 0 aromatic rings. The molecule has 1 aliphatic rings. The summed E-state index contributed by atoms with van der Waals surface area (Å²) in [6, 6.07) is 0. The molecule has 0 fully saturated rings. The van der Waals surface area contributed by atoms with Gasteiger partial charge in [0.2, 0.25) is 0 Å². The van der Waals surface area contributed by atoms with Gasteiger partial charge in [-0.1, -0.05) is 11.6 Å². The zero-order valence-electron chi connectivity index (χ0n) is 7.61. The number of nitrogens with one attached hydrogen (secondary N) is 1. The Balaban J connectivity index is 2.55. The lowest BCUT2D eigenvalue weighted by atomic mass is 9.95. The molecule has 0 radical (unpaired) electrons. The monoisotopic (exact) mass is 155 g/mol. The molecular weight excluding hydrogens is 138 g/mol. The van der Waals surface area contributed by atoms with Gasteiger partial charge in [-0.25, -0.2) is 0 Å². The predicted octanol–water partition coefficient (Wildman–Crippen LogP) is 2.03. The van der Waals surface area contributed by atoms with E-state index < -0.39 is 0 Å². The van der Waals surface area contributed by atoms with Crippen LogP contribution in [0.5, 0.6) is 0 Å². The second kappa shape index (κ2) is 3.37. The second-order valence-corrected chi connectivity index (χ2v) is 3.55. The molecule has 0 unspecified atom stereocenters. The molecule has 0 saturated heterocycles. The Morgan fingerprint density at radius 1 is 1.55 bits per heavy atom. The van der Waals surface area contributed by atoms with E-state index in [4.69, 9.17) is 4.84 Å². The smallest absolute Gasteiger partial charge is 0.0584 e. The second-order valence-electron chi connectivity index (χ2n) is 3.55. The summed E-state index contributed by atoms with van der Waals surface area (Å²) in [6.07, 6.45) is 6.05. The molecule has 0 heterocycles. The first-order chi connectivity index (χ1) is 5.17. The van der Waals surface area contributed by atoms with Gasteiger partial charge in [-0.3, -0.25) is 0 Å². The van der Waals surface area contributed by atoms with E-state index in [1.54, 1.807) is 7.11 Å². The van der Waals surface area contributed by atoms with Gasteiger partial charge >= 0.3 is 0 Å². The molecule has 0 aromatic carbocycles. The molecular formula is C9H17NO. The first-order valence-electron chi connectivity index (χ1n) is 4.16. The highest BCUT2D eigenvalue weighted by atomic mass is 16.6. The van der Waals surface area contributed by atoms with Gasteiger partial charge in [-0.05, 0) is 33.1 Å². The van der Waals surface area contributed by atoms with Crippen molar-refractivity contribution in [3.8, 4) is 0 Å². The fourth-order valence-electron chi connectivity index (χ4n) is 1.56. The van der Waals surface area contributed by atoms with E-state index in [-0.39, 0.29) is 5.54 Å². The van der Waals surface area contributed by atoms with Crippen LogP contribution in [0.3, 0.4) is 0 Å². The van der Waals surface area contributed by atoms with Crippen molar-refractivity contribution in [1.82, 2.24) is 5.48 Å². The minimum atomic E-state index is 0.0191. The minimum Gasteiger partial charge on any atom is -0.304 e. The Morgan fingerprint density at radius 3 is 2.73 bits per heavy atom. The van der Waals surface area contributed by atoms with E-state index in [2.05, 4.69) is 25.4 Å². The maximum Gasteiger partial charge on any atom is 0.0584 e. The van der Waals surface area contributed by atoms with Crippen molar-refractivity contribution in [2.45, 2.75) is 38.6 Å². The molecule has 2 nitrogen and oxygen atoms in total. The fourth-order valence-corrected chi connectivity index (χ4v) is 1.56. The van der Waals surface area contributed by atoms with Gasteiger partial charge < -0.3 is 4.84 Å². The molecule has 1 rings (SSSR count). The summed E-state index contributed by atoms with van der Waals surface area (Å²) in [4.78, 5) is 4.93. The predicted molar refractivity (Wildman–Crippen MR) is 46.2 cm³/mol. The largest absolute Gasteiger partial charge is 0.304 e. The Morgan fingerprint density at radius 2 is 2.27 bits per heavy atom. The number of allylic oxidation sites excluding steroid dienone is 1. The van der Waals surface area contributed by atoms with Crippen molar-refractivity contribution < 1.29 is 4.84 Å². The molecule has 0 amide bonds. The van der Waals surface area contributed by atoms with Crippen molar-refractivity contribution in [1.29, 1.82) is 0 Å². The fraction of sp³-hybridized carbons (Fsp3) is 0.778. The van der Waals surface area contributed by atoms with Crippen molar-refractivity contribution in [3.05, 3.63) is 11.6 Å². The zero-order chi connectivity index (χ0) is 8.32. The molecule has 0 spiro atoms. The van der Waals surface area contributed by atoms with E-state index >= 15 is 0 Å². The van der Waals surface area contributed by atoms with E-state index in [1.807, 2.05) is 0 Å². The number of hydroxylamine groups is 1. The zero-order valence-corrected chi connectivity index (χ0v) is 7.61. The van der Waals surface area contributed by atoms with E-state index in [0.717, 1.165) is 0 Å². The number of hydrogen-bond acceptors (Lipinski definition) is 2. The molecule has 0 aromatic heterocycles. The maximum atomic E-state index is 4.93. The summed E-state index contributed by atoms with van der Waals surface area (Å²) < 4.78 is 0. The van der Waals surface area contributed by atoms with Gasteiger partial charge in [0.25, 0.3) is 0 Å². The lowest BCUT2D eigenvalue weighted by Gasteiger charge is -2.26. The minimum absolute atomic E-state index is 0.0191. The van der Waals surface area contributed by atoms with Crippen molar-refractivity contribution in [2.75, 3.05) is 7.11 Å². The first kappa shape index (κ1) is 8.75.